The van der Waals surface area contributed by atoms with Crippen molar-refractivity contribution in [2.45, 2.75) is 38.5 Å². The molecule has 0 bridgehead atoms. The van der Waals surface area contributed by atoms with Crippen molar-refractivity contribution >= 4 is 5.97 Å². The molecule has 12 heavy (non-hydrogen) atoms. The van der Waals surface area contributed by atoms with Gasteiger partial charge in [-0.25, -0.2) is 0 Å². The fourth-order valence-corrected chi connectivity index (χ4v) is 2.00. The molecular weight excluding hydrogens is 152 g/mol. The van der Waals surface area contributed by atoms with Crippen LogP contribution in [-0.4, -0.2) is 11.1 Å². The number of hydrogen-bond donors (Lipinski definition) is 1. The van der Waals surface area contributed by atoms with E-state index in [0.717, 1.165) is 38.5 Å². The zero-order chi connectivity index (χ0) is 9.03. The van der Waals surface area contributed by atoms with E-state index in [-0.39, 0.29) is 0 Å². The molecule has 0 aromatic heterocycles. The van der Waals surface area contributed by atoms with Crippen LogP contribution >= 0.6 is 0 Å². The molecule has 1 saturated carbocycles. The standard InChI is InChI=1S/C10H16O2/c1-2-3-6-10(9(11)12)7-4-5-8-10/h2H,1,3-8H2,(H,11,12). The third-order valence-corrected chi connectivity index (χ3v) is 2.84. The lowest BCUT2D eigenvalue weighted by Crippen LogP contribution is -2.27. The molecule has 0 heterocycles. The summed E-state index contributed by atoms with van der Waals surface area (Å²) < 4.78 is 0. The molecule has 1 N–H and O–H groups in total. The van der Waals surface area contributed by atoms with E-state index in [1.165, 1.54) is 0 Å². The highest BCUT2D eigenvalue weighted by Crippen LogP contribution is 2.42. The molecule has 0 aromatic rings. The molecule has 0 radical (unpaired) electrons. The van der Waals surface area contributed by atoms with Gasteiger partial charge in [-0.05, 0) is 25.7 Å². The zero-order valence-corrected chi connectivity index (χ0v) is 7.38. The van der Waals surface area contributed by atoms with Crippen molar-refractivity contribution in [1.29, 1.82) is 0 Å². The Kier molecular flexibility index (Phi) is 2.90. The first kappa shape index (κ1) is 9.30. The number of carboxylic acid groups (broad SMARTS) is 1. The van der Waals surface area contributed by atoms with Gasteiger partial charge < -0.3 is 5.11 Å². The molecule has 1 aliphatic carbocycles. The molecule has 2 nitrogen and oxygen atoms in total. The van der Waals surface area contributed by atoms with Crippen LogP contribution in [0, 0.1) is 5.41 Å². The van der Waals surface area contributed by atoms with Gasteiger partial charge in [-0.1, -0.05) is 18.9 Å². The van der Waals surface area contributed by atoms with Crippen LogP contribution in [0.5, 0.6) is 0 Å². The molecule has 0 saturated heterocycles. The maximum atomic E-state index is 11.0. The Morgan fingerprint density at radius 1 is 1.50 bits per heavy atom. The molecular formula is C10H16O2. The highest BCUT2D eigenvalue weighted by Gasteiger charge is 2.40. The lowest BCUT2D eigenvalue weighted by Gasteiger charge is -2.22. The maximum Gasteiger partial charge on any atom is 0.309 e. The molecule has 0 spiro atoms. The molecule has 0 aliphatic heterocycles. The Morgan fingerprint density at radius 2 is 2.08 bits per heavy atom. The van der Waals surface area contributed by atoms with Crippen LogP contribution in [0.25, 0.3) is 0 Å². The van der Waals surface area contributed by atoms with Crippen LogP contribution < -0.4 is 0 Å². The molecule has 0 unspecified atom stereocenters. The van der Waals surface area contributed by atoms with E-state index in [1.807, 2.05) is 6.08 Å². The normalized spacial score (nSPS) is 20.7. The smallest absolute Gasteiger partial charge is 0.309 e. The predicted molar refractivity (Wildman–Crippen MR) is 48.0 cm³/mol. The Labute approximate surface area is 73.3 Å². The van der Waals surface area contributed by atoms with Crippen LogP contribution in [0.2, 0.25) is 0 Å². The quantitative estimate of drug-likeness (QED) is 0.655. The number of hydrogen-bond acceptors (Lipinski definition) is 1. The van der Waals surface area contributed by atoms with Gasteiger partial charge in [0.05, 0.1) is 5.41 Å². The first-order valence-corrected chi connectivity index (χ1v) is 4.55. The summed E-state index contributed by atoms with van der Waals surface area (Å²) in [7, 11) is 0. The number of allylic oxidation sites excluding steroid dienone is 1. The van der Waals surface area contributed by atoms with Crippen molar-refractivity contribution in [1.82, 2.24) is 0 Å². The Morgan fingerprint density at radius 3 is 2.50 bits per heavy atom. The minimum atomic E-state index is -0.609. The van der Waals surface area contributed by atoms with Crippen LogP contribution in [-0.2, 0) is 4.79 Å². The van der Waals surface area contributed by atoms with Crippen LogP contribution in [0.15, 0.2) is 12.7 Å². The predicted octanol–water partition coefficient (Wildman–Crippen LogP) is 2.60. The fraction of sp³-hybridized carbons (Fsp3) is 0.700. The average molecular weight is 168 g/mol. The second-order valence-electron chi connectivity index (χ2n) is 3.62. The topological polar surface area (TPSA) is 37.3 Å². The van der Waals surface area contributed by atoms with Crippen molar-refractivity contribution < 1.29 is 9.90 Å². The van der Waals surface area contributed by atoms with E-state index in [0.29, 0.717) is 0 Å². The van der Waals surface area contributed by atoms with E-state index in [9.17, 15) is 4.79 Å². The molecule has 68 valence electrons. The number of rotatable bonds is 4. The first-order chi connectivity index (χ1) is 5.71. The minimum Gasteiger partial charge on any atom is -0.481 e. The van der Waals surface area contributed by atoms with E-state index in [1.54, 1.807) is 0 Å². The van der Waals surface area contributed by atoms with Crippen molar-refractivity contribution in [3.63, 3.8) is 0 Å². The Balaban J connectivity index is 2.58. The van der Waals surface area contributed by atoms with E-state index in [4.69, 9.17) is 5.11 Å². The van der Waals surface area contributed by atoms with E-state index in [2.05, 4.69) is 6.58 Å². The van der Waals surface area contributed by atoms with Gasteiger partial charge in [0.1, 0.15) is 0 Å². The third-order valence-electron chi connectivity index (χ3n) is 2.84. The number of carboxylic acids is 1. The van der Waals surface area contributed by atoms with E-state index < -0.39 is 11.4 Å². The van der Waals surface area contributed by atoms with Gasteiger partial charge in [-0.2, -0.15) is 0 Å². The van der Waals surface area contributed by atoms with Crippen LogP contribution in [0.4, 0.5) is 0 Å². The SMILES string of the molecule is C=CCCC1(C(=O)O)CCCC1. The zero-order valence-electron chi connectivity index (χ0n) is 7.38. The van der Waals surface area contributed by atoms with Crippen molar-refractivity contribution in [3.8, 4) is 0 Å². The minimum absolute atomic E-state index is 0.409. The number of carbonyl (C=O) groups is 1. The largest absolute Gasteiger partial charge is 0.481 e. The summed E-state index contributed by atoms with van der Waals surface area (Å²) in [6.07, 6.45) is 7.26. The monoisotopic (exact) mass is 168 g/mol. The highest BCUT2D eigenvalue weighted by molar-refractivity contribution is 5.74. The maximum absolute atomic E-state index is 11.0. The second kappa shape index (κ2) is 3.74. The van der Waals surface area contributed by atoms with Gasteiger partial charge >= 0.3 is 5.97 Å². The van der Waals surface area contributed by atoms with Gasteiger partial charge in [-0.15, -0.1) is 6.58 Å². The summed E-state index contributed by atoms with van der Waals surface area (Å²) in [5, 5.41) is 9.06. The molecule has 2 heteroatoms. The van der Waals surface area contributed by atoms with Crippen molar-refractivity contribution in [2.24, 2.45) is 5.41 Å². The molecule has 0 amide bonds. The summed E-state index contributed by atoms with van der Waals surface area (Å²) in [5.41, 5.74) is -0.409. The molecule has 1 rings (SSSR count). The lowest BCUT2D eigenvalue weighted by atomic mass is 9.82. The highest BCUT2D eigenvalue weighted by atomic mass is 16.4. The molecule has 0 atom stereocenters. The van der Waals surface area contributed by atoms with Crippen molar-refractivity contribution in [2.75, 3.05) is 0 Å². The molecule has 1 aliphatic rings. The Hall–Kier alpha value is -0.790. The summed E-state index contributed by atoms with van der Waals surface area (Å²) in [6.45, 7) is 3.62. The van der Waals surface area contributed by atoms with Crippen LogP contribution in [0.1, 0.15) is 38.5 Å². The number of aliphatic carboxylic acids is 1. The van der Waals surface area contributed by atoms with Gasteiger partial charge in [-0.3, -0.25) is 4.79 Å². The van der Waals surface area contributed by atoms with Gasteiger partial charge in [0.15, 0.2) is 0 Å². The summed E-state index contributed by atoms with van der Waals surface area (Å²) >= 11 is 0. The van der Waals surface area contributed by atoms with Gasteiger partial charge in [0.2, 0.25) is 0 Å². The average Bonchev–Trinajstić information content (AvgIpc) is 2.50. The summed E-state index contributed by atoms with van der Waals surface area (Å²) in [5.74, 6) is -0.609. The summed E-state index contributed by atoms with van der Waals surface area (Å²) in [6, 6.07) is 0. The van der Waals surface area contributed by atoms with Gasteiger partial charge in [0.25, 0.3) is 0 Å². The van der Waals surface area contributed by atoms with E-state index >= 15 is 0 Å². The Bertz CT molecular complexity index is 178. The molecule has 0 aromatic carbocycles. The second-order valence-corrected chi connectivity index (χ2v) is 3.62. The lowest BCUT2D eigenvalue weighted by molar-refractivity contribution is -0.149. The van der Waals surface area contributed by atoms with Crippen molar-refractivity contribution in [3.05, 3.63) is 12.7 Å². The van der Waals surface area contributed by atoms with Crippen LogP contribution in [0.3, 0.4) is 0 Å². The fourth-order valence-electron chi connectivity index (χ4n) is 2.00. The third kappa shape index (κ3) is 1.68. The molecule has 1 fully saturated rings. The first-order valence-electron chi connectivity index (χ1n) is 4.55. The summed E-state index contributed by atoms with van der Waals surface area (Å²) in [4.78, 5) is 11.0. The van der Waals surface area contributed by atoms with Gasteiger partial charge in [0, 0.05) is 0 Å².